The van der Waals surface area contributed by atoms with E-state index < -0.39 is 0 Å². The van der Waals surface area contributed by atoms with Gasteiger partial charge in [-0.3, -0.25) is 0 Å². The Morgan fingerprint density at radius 1 is 1.10 bits per heavy atom. The van der Waals surface area contributed by atoms with Crippen molar-refractivity contribution in [1.82, 2.24) is 5.32 Å². The Bertz CT molecular complexity index is 238. The topological polar surface area (TPSA) is 39.7 Å². The second kappa shape index (κ2) is 9.72. The van der Waals surface area contributed by atoms with Crippen LogP contribution in [0.25, 0.3) is 0 Å². The van der Waals surface area contributed by atoms with Crippen LogP contribution in [0, 0.1) is 11.8 Å². The van der Waals surface area contributed by atoms with Crippen molar-refractivity contribution in [1.29, 1.82) is 0 Å². The molecule has 0 amide bonds. The molecule has 1 aliphatic rings. The molecule has 0 unspecified atom stereocenters. The average Bonchev–Trinajstić information content (AvgIpc) is 2.43. The van der Waals surface area contributed by atoms with E-state index in [0.29, 0.717) is 26.4 Å². The molecule has 4 heteroatoms. The highest BCUT2D eigenvalue weighted by Gasteiger charge is 2.36. The molecule has 1 N–H and O–H groups in total. The van der Waals surface area contributed by atoms with Crippen molar-refractivity contribution >= 4 is 0 Å². The van der Waals surface area contributed by atoms with Gasteiger partial charge in [0.15, 0.2) is 0 Å². The van der Waals surface area contributed by atoms with E-state index in [-0.39, 0.29) is 5.60 Å². The van der Waals surface area contributed by atoms with Crippen molar-refractivity contribution in [3.05, 3.63) is 0 Å². The molecule has 0 aromatic rings. The summed E-state index contributed by atoms with van der Waals surface area (Å²) in [7, 11) is 3.70. The van der Waals surface area contributed by atoms with Gasteiger partial charge in [0, 0.05) is 13.7 Å². The van der Waals surface area contributed by atoms with Crippen LogP contribution in [0.15, 0.2) is 0 Å². The van der Waals surface area contributed by atoms with Crippen LogP contribution in [0.4, 0.5) is 0 Å². The molecular formula is C16H33NO3. The average molecular weight is 287 g/mol. The molecule has 0 spiro atoms. The zero-order valence-corrected chi connectivity index (χ0v) is 13.7. The lowest BCUT2D eigenvalue weighted by Crippen LogP contribution is -2.46. The van der Waals surface area contributed by atoms with Crippen molar-refractivity contribution in [2.75, 3.05) is 47.1 Å². The van der Waals surface area contributed by atoms with Crippen LogP contribution in [0.1, 0.15) is 39.5 Å². The predicted octanol–water partition coefficient (Wildman–Crippen LogP) is 2.47. The van der Waals surface area contributed by atoms with Crippen LogP contribution in [0.2, 0.25) is 0 Å². The van der Waals surface area contributed by atoms with Crippen molar-refractivity contribution in [3.63, 3.8) is 0 Å². The highest BCUT2D eigenvalue weighted by Crippen LogP contribution is 2.37. The monoisotopic (exact) mass is 287 g/mol. The second-order valence-electron chi connectivity index (χ2n) is 6.25. The van der Waals surface area contributed by atoms with Crippen molar-refractivity contribution in [2.24, 2.45) is 11.8 Å². The van der Waals surface area contributed by atoms with E-state index in [1.54, 1.807) is 7.11 Å². The summed E-state index contributed by atoms with van der Waals surface area (Å²) in [5.74, 6) is 1.65. The van der Waals surface area contributed by atoms with Gasteiger partial charge < -0.3 is 19.5 Å². The van der Waals surface area contributed by atoms with Gasteiger partial charge in [0.1, 0.15) is 0 Å². The summed E-state index contributed by atoms with van der Waals surface area (Å²) in [4.78, 5) is 0. The molecule has 0 saturated heterocycles. The van der Waals surface area contributed by atoms with Gasteiger partial charge in [0.2, 0.25) is 0 Å². The summed E-state index contributed by atoms with van der Waals surface area (Å²) in [6.45, 7) is 8.24. The van der Waals surface area contributed by atoms with Gasteiger partial charge in [-0.2, -0.15) is 0 Å². The van der Waals surface area contributed by atoms with E-state index in [9.17, 15) is 0 Å². The first kappa shape index (κ1) is 17.9. The molecule has 0 bridgehead atoms. The van der Waals surface area contributed by atoms with Crippen LogP contribution in [0.3, 0.4) is 0 Å². The van der Waals surface area contributed by atoms with E-state index >= 15 is 0 Å². The Kier molecular flexibility index (Phi) is 8.69. The molecule has 0 radical (unpaired) electrons. The molecule has 0 heterocycles. The lowest BCUT2D eigenvalue weighted by Gasteiger charge is -2.41. The molecule has 1 rings (SSSR count). The summed E-state index contributed by atoms with van der Waals surface area (Å²) in [6.07, 6.45) is 4.89. The molecule has 1 saturated carbocycles. The number of hydrogen-bond acceptors (Lipinski definition) is 4. The number of nitrogens with one attached hydrogen (secondary N) is 1. The smallest absolute Gasteiger partial charge is 0.0807 e. The standard InChI is InChI=1S/C16H33NO3/c1-14(2)15-5-7-16(8-6-15,13-17-3)20-12-11-19-10-9-18-4/h14-15,17H,5-13H2,1-4H3. The van der Waals surface area contributed by atoms with Gasteiger partial charge in [-0.15, -0.1) is 0 Å². The van der Waals surface area contributed by atoms with E-state index in [0.717, 1.165) is 31.2 Å². The van der Waals surface area contributed by atoms with E-state index in [1.807, 2.05) is 7.05 Å². The first-order valence-corrected chi connectivity index (χ1v) is 7.99. The molecule has 1 aliphatic carbocycles. The summed E-state index contributed by atoms with van der Waals surface area (Å²) < 4.78 is 16.6. The summed E-state index contributed by atoms with van der Waals surface area (Å²) in [6, 6.07) is 0. The third-order valence-electron chi connectivity index (χ3n) is 4.45. The highest BCUT2D eigenvalue weighted by molar-refractivity contribution is 4.89. The molecule has 1 fully saturated rings. The maximum atomic E-state index is 6.19. The highest BCUT2D eigenvalue weighted by atomic mass is 16.5. The van der Waals surface area contributed by atoms with Crippen LogP contribution >= 0.6 is 0 Å². The summed E-state index contributed by atoms with van der Waals surface area (Å²) >= 11 is 0. The van der Waals surface area contributed by atoms with E-state index in [1.165, 1.54) is 12.8 Å². The molecule has 120 valence electrons. The second-order valence-corrected chi connectivity index (χ2v) is 6.25. The Hall–Kier alpha value is -0.160. The third kappa shape index (κ3) is 6.08. The minimum Gasteiger partial charge on any atom is -0.382 e. The third-order valence-corrected chi connectivity index (χ3v) is 4.45. The van der Waals surface area contributed by atoms with Crippen molar-refractivity contribution in [2.45, 2.75) is 45.1 Å². The van der Waals surface area contributed by atoms with Gasteiger partial charge in [0.25, 0.3) is 0 Å². The first-order chi connectivity index (χ1) is 9.63. The Morgan fingerprint density at radius 2 is 1.75 bits per heavy atom. The molecule has 4 nitrogen and oxygen atoms in total. The van der Waals surface area contributed by atoms with Crippen molar-refractivity contribution < 1.29 is 14.2 Å². The maximum Gasteiger partial charge on any atom is 0.0807 e. The van der Waals surface area contributed by atoms with Crippen LogP contribution in [-0.2, 0) is 14.2 Å². The fourth-order valence-electron chi connectivity index (χ4n) is 3.09. The SMILES string of the molecule is CNCC1(OCCOCCOC)CCC(C(C)C)CC1. The molecule has 0 aromatic carbocycles. The van der Waals surface area contributed by atoms with Gasteiger partial charge in [0.05, 0.1) is 32.0 Å². The number of likely N-dealkylation sites (N-methyl/N-ethyl adjacent to an activating group) is 1. The molecule has 20 heavy (non-hydrogen) atoms. The Morgan fingerprint density at radius 3 is 2.30 bits per heavy atom. The fraction of sp³-hybridized carbons (Fsp3) is 1.00. The van der Waals surface area contributed by atoms with Crippen LogP contribution in [-0.4, -0.2) is 52.7 Å². The van der Waals surface area contributed by atoms with E-state index in [4.69, 9.17) is 14.2 Å². The minimum atomic E-state index is 0.0186. The zero-order valence-electron chi connectivity index (χ0n) is 13.7. The normalized spacial score (nSPS) is 27.1. The molecule has 0 atom stereocenters. The number of methoxy groups -OCH3 is 1. The lowest BCUT2D eigenvalue weighted by atomic mass is 9.74. The summed E-state index contributed by atoms with van der Waals surface area (Å²) in [5, 5.41) is 3.30. The lowest BCUT2D eigenvalue weighted by molar-refractivity contribution is -0.0960. The van der Waals surface area contributed by atoms with Gasteiger partial charge in [-0.1, -0.05) is 13.8 Å². The Labute approximate surface area is 124 Å². The molecule has 0 aliphatic heterocycles. The predicted molar refractivity (Wildman–Crippen MR) is 82.1 cm³/mol. The molecule has 0 aromatic heterocycles. The quantitative estimate of drug-likeness (QED) is 0.627. The van der Waals surface area contributed by atoms with Crippen LogP contribution < -0.4 is 5.32 Å². The number of rotatable bonds is 10. The molecular weight excluding hydrogens is 254 g/mol. The van der Waals surface area contributed by atoms with Gasteiger partial charge in [-0.05, 0) is 44.6 Å². The first-order valence-electron chi connectivity index (χ1n) is 7.99. The zero-order chi connectivity index (χ0) is 14.8. The van der Waals surface area contributed by atoms with Crippen molar-refractivity contribution in [3.8, 4) is 0 Å². The van der Waals surface area contributed by atoms with Gasteiger partial charge >= 0.3 is 0 Å². The Balaban J connectivity index is 2.29. The van der Waals surface area contributed by atoms with Gasteiger partial charge in [-0.25, -0.2) is 0 Å². The maximum absolute atomic E-state index is 6.19. The van der Waals surface area contributed by atoms with Crippen LogP contribution in [0.5, 0.6) is 0 Å². The summed E-state index contributed by atoms with van der Waals surface area (Å²) in [5.41, 5.74) is 0.0186. The number of ether oxygens (including phenoxy) is 3. The number of hydrogen-bond donors (Lipinski definition) is 1. The fourth-order valence-corrected chi connectivity index (χ4v) is 3.09. The minimum absolute atomic E-state index is 0.0186. The largest absolute Gasteiger partial charge is 0.382 e. The van der Waals surface area contributed by atoms with E-state index in [2.05, 4.69) is 19.2 Å².